The Morgan fingerprint density at radius 1 is 1.75 bits per heavy atom. The fraction of sp³-hybridized carbons (Fsp3) is 0.857. The normalized spacial score (nSPS) is 39.1. The first-order valence-corrected chi connectivity index (χ1v) is 4.16. The first-order valence-electron chi connectivity index (χ1n) is 4.16. The zero-order chi connectivity index (χ0) is 8.77. The fourth-order valence-corrected chi connectivity index (χ4v) is 2.43. The van der Waals surface area contributed by atoms with Gasteiger partial charge in [0.2, 0.25) is 0 Å². The molecule has 0 radical (unpaired) electrons. The molecule has 1 saturated carbocycles. The van der Waals surface area contributed by atoms with E-state index in [-0.39, 0.29) is 0 Å². The van der Waals surface area contributed by atoms with Crippen molar-refractivity contribution in [3.8, 4) is 0 Å². The molecule has 2 rings (SSSR count). The maximum Gasteiger partial charge on any atom is 0.408 e. The zero-order valence-corrected chi connectivity index (χ0v) is 6.79. The van der Waals surface area contributed by atoms with Crippen molar-refractivity contribution in [3.63, 3.8) is 0 Å². The largest absolute Gasteiger partial charge is 0.465 e. The van der Waals surface area contributed by atoms with Crippen molar-refractivity contribution in [1.82, 2.24) is 10.3 Å². The van der Waals surface area contributed by atoms with E-state index in [1.807, 2.05) is 0 Å². The summed E-state index contributed by atoms with van der Waals surface area (Å²) in [5, 5.41) is 8.86. The van der Waals surface area contributed by atoms with Gasteiger partial charge < -0.3 is 5.11 Å². The van der Waals surface area contributed by atoms with Gasteiger partial charge in [-0.3, -0.25) is 10.7 Å². The van der Waals surface area contributed by atoms with E-state index >= 15 is 0 Å². The number of hydrazine groups is 1. The number of nitrogens with one attached hydrogen (secondary N) is 1. The fourth-order valence-electron chi connectivity index (χ4n) is 2.43. The minimum absolute atomic E-state index is 0.448. The van der Waals surface area contributed by atoms with Crippen molar-refractivity contribution in [3.05, 3.63) is 0 Å². The van der Waals surface area contributed by atoms with Crippen molar-refractivity contribution in [2.24, 2.45) is 11.8 Å². The van der Waals surface area contributed by atoms with Gasteiger partial charge in [-0.25, -0.2) is 10.2 Å². The maximum absolute atomic E-state index is 10.8. The first-order chi connectivity index (χ1) is 5.68. The predicted molar refractivity (Wildman–Crippen MR) is 42.1 cm³/mol. The lowest BCUT2D eigenvalue weighted by Gasteiger charge is -2.35. The van der Waals surface area contributed by atoms with Crippen LogP contribution in [0, 0.1) is 5.92 Å². The topological polar surface area (TPSA) is 78.6 Å². The maximum atomic E-state index is 10.8. The van der Waals surface area contributed by atoms with Gasteiger partial charge in [0, 0.05) is 6.54 Å². The van der Waals surface area contributed by atoms with E-state index < -0.39 is 11.8 Å². The molecule has 0 aromatic rings. The van der Waals surface area contributed by atoms with Crippen molar-refractivity contribution >= 4 is 6.09 Å². The number of piperidine rings is 1. The molecule has 1 heterocycles. The van der Waals surface area contributed by atoms with E-state index in [0.29, 0.717) is 12.5 Å². The zero-order valence-electron chi connectivity index (χ0n) is 6.79. The number of amides is 1. The van der Waals surface area contributed by atoms with Gasteiger partial charge in [0.15, 0.2) is 0 Å². The second-order valence-corrected chi connectivity index (χ2v) is 3.68. The van der Waals surface area contributed by atoms with Gasteiger partial charge in [-0.15, -0.1) is 0 Å². The Bertz CT molecular complexity index is 221. The summed E-state index contributed by atoms with van der Waals surface area (Å²) < 4.78 is 0. The van der Waals surface area contributed by atoms with Gasteiger partial charge in [0.05, 0.1) is 0 Å². The van der Waals surface area contributed by atoms with Crippen LogP contribution in [0.2, 0.25) is 0 Å². The molecule has 5 nitrogen and oxygen atoms in total. The van der Waals surface area contributed by atoms with Crippen molar-refractivity contribution in [2.75, 3.05) is 6.54 Å². The number of carboxylic acid groups (broad SMARTS) is 1. The molecule has 0 aromatic heterocycles. The lowest BCUT2D eigenvalue weighted by atomic mass is 10.1. The van der Waals surface area contributed by atoms with Crippen LogP contribution in [0.5, 0.6) is 0 Å². The summed E-state index contributed by atoms with van der Waals surface area (Å²) in [5.41, 5.74) is 2.20. The number of fused-ring (bicyclic) bond motifs is 2. The Balaban J connectivity index is 2.22. The minimum Gasteiger partial charge on any atom is -0.465 e. The Morgan fingerprint density at radius 2 is 2.50 bits per heavy atom. The summed E-state index contributed by atoms with van der Waals surface area (Å²) in [5.74, 6) is 5.89. The van der Waals surface area contributed by atoms with Gasteiger partial charge in [0.1, 0.15) is 5.66 Å². The van der Waals surface area contributed by atoms with Crippen LogP contribution in [-0.2, 0) is 0 Å². The van der Waals surface area contributed by atoms with E-state index in [0.717, 1.165) is 19.3 Å². The van der Waals surface area contributed by atoms with E-state index in [9.17, 15) is 4.79 Å². The third-order valence-electron chi connectivity index (χ3n) is 3.05. The standard InChI is InChI=1S/C7H13N3O2/c8-9-7-2-1-5(3-7)4-10(7)6(11)12/h5,9H,1-4,8H2,(H,11,12). The highest BCUT2D eigenvalue weighted by Gasteiger charge is 2.52. The molecule has 0 spiro atoms. The number of rotatable bonds is 1. The van der Waals surface area contributed by atoms with E-state index in [2.05, 4.69) is 5.43 Å². The molecule has 5 heteroatoms. The number of likely N-dealkylation sites (tertiary alicyclic amines) is 1. The van der Waals surface area contributed by atoms with Crippen LogP contribution < -0.4 is 11.3 Å². The molecular weight excluding hydrogens is 158 g/mol. The number of hydrogen-bond donors (Lipinski definition) is 3. The van der Waals surface area contributed by atoms with Crippen LogP contribution in [0.25, 0.3) is 0 Å². The minimum atomic E-state index is -0.866. The molecule has 2 aliphatic rings. The van der Waals surface area contributed by atoms with E-state index in [4.69, 9.17) is 10.9 Å². The average Bonchev–Trinajstić information content (AvgIpc) is 2.60. The first kappa shape index (κ1) is 7.82. The average molecular weight is 171 g/mol. The van der Waals surface area contributed by atoms with Crippen molar-refractivity contribution in [2.45, 2.75) is 24.9 Å². The Kier molecular flexibility index (Phi) is 1.52. The molecular formula is C7H13N3O2. The SMILES string of the molecule is NNC12CCC(CN1C(=O)O)C2. The number of nitrogens with two attached hydrogens (primary N) is 1. The highest BCUT2D eigenvalue weighted by Crippen LogP contribution is 2.43. The van der Waals surface area contributed by atoms with Crippen molar-refractivity contribution < 1.29 is 9.90 Å². The van der Waals surface area contributed by atoms with E-state index in [1.165, 1.54) is 4.90 Å². The Morgan fingerprint density at radius 3 is 2.92 bits per heavy atom. The second kappa shape index (κ2) is 2.34. The van der Waals surface area contributed by atoms with Crippen LogP contribution in [0.4, 0.5) is 4.79 Å². The van der Waals surface area contributed by atoms with Crippen LogP contribution >= 0.6 is 0 Å². The van der Waals surface area contributed by atoms with Gasteiger partial charge >= 0.3 is 6.09 Å². The Hall–Kier alpha value is -0.810. The molecule has 2 atom stereocenters. The molecule has 1 aliphatic carbocycles. The molecule has 4 N–H and O–H groups in total. The third-order valence-corrected chi connectivity index (χ3v) is 3.05. The summed E-state index contributed by atoms with van der Waals surface area (Å²) in [6.07, 6.45) is 1.94. The van der Waals surface area contributed by atoms with Crippen LogP contribution in [0.1, 0.15) is 19.3 Å². The van der Waals surface area contributed by atoms with E-state index in [1.54, 1.807) is 0 Å². The summed E-state index contributed by atoms with van der Waals surface area (Å²) >= 11 is 0. The highest BCUT2D eigenvalue weighted by atomic mass is 16.4. The monoisotopic (exact) mass is 171 g/mol. The van der Waals surface area contributed by atoms with Gasteiger partial charge in [0.25, 0.3) is 0 Å². The summed E-state index contributed by atoms with van der Waals surface area (Å²) in [6.45, 7) is 0.638. The lowest BCUT2D eigenvalue weighted by molar-refractivity contribution is 0.0718. The summed E-state index contributed by atoms with van der Waals surface area (Å²) in [4.78, 5) is 12.2. The second-order valence-electron chi connectivity index (χ2n) is 3.68. The quantitative estimate of drug-likeness (QED) is 0.381. The highest BCUT2D eigenvalue weighted by molar-refractivity contribution is 5.67. The molecule has 1 amide bonds. The predicted octanol–water partition coefficient (Wildman–Crippen LogP) is -0.0603. The third kappa shape index (κ3) is 0.834. The molecule has 2 unspecified atom stereocenters. The Labute approximate surface area is 70.5 Å². The molecule has 2 bridgehead atoms. The summed E-state index contributed by atoms with van der Waals surface area (Å²) in [6, 6.07) is 0. The van der Waals surface area contributed by atoms with Crippen LogP contribution in [-0.4, -0.2) is 28.3 Å². The molecule has 12 heavy (non-hydrogen) atoms. The summed E-state index contributed by atoms with van der Waals surface area (Å²) in [7, 11) is 0. The van der Waals surface area contributed by atoms with Crippen molar-refractivity contribution in [1.29, 1.82) is 0 Å². The van der Waals surface area contributed by atoms with Gasteiger partial charge in [-0.1, -0.05) is 0 Å². The number of nitrogens with zero attached hydrogens (tertiary/aromatic N) is 1. The molecule has 1 aliphatic heterocycles. The number of carbonyl (C=O) groups is 1. The molecule has 68 valence electrons. The lowest BCUT2D eigenvalue weighted by Crippen LogP contribution is -2.59. The molecule has 1 saturated heterocycles. The molecule has 2 fully saturated rings. The molecule has 0 aromatic carbocycles. The smallest absolute Gasteiger partial charge is 0.408 e. The number of hydrogen-bond acceptors (Lipinski definition) is 3. The van der Waals surface area contributed by atoms with Crippen LogP contribution in [0.3, 0.4) is 0 Å². The van der Waals surface area contributed by atoms with Crippen LogP contribution in [0.15, 0.2) is 0 Å². The van der Waals surface area contributed by atoms with Gasteiger partial charge in [-0.05, 0) is 25.2 Å². The van der Waals surface area contributed by atoms with Gasteiger partial charge in [-0.2, -0.15) is 0 Å².